The molecular formula is C15H24N2O. The minimum atomic E-state index is -0.0775. The second-order valence-electron chi connectivity index (χ2n) is 4.99. The van der Waals surface area contributed by atoms with E-state index in [4.69, 9.17) is 0 Å². The summed E-state index contributed by atoms with van der Waals surface area (Å²) in [6.45, 7) is 7.10. The maximum atomic E-state index is 11.7. The monoisotopic (exact) mass is 248 g/mol. The van der Waals surface area contributed by atoms with E-state index in [-0.39, 0.29) is 12.1 Å². The average molecular weight is 248 g/mol. The Hall–Kier alpha value is -1.51. The van der Waals surface area contributed by atoms with Gasteiger partial charge in [0.25, 0.3) is 0 Å². The second-order valence-corrected chi connectivity index (χ2v) is 4.99. The summed E-state index contributed by atoms with van der Waals surface area (Å²) < 4.78 is 0. The number of benzene rings is 1. The summed E-state index contributed by atoms with van der Waals surface area (Å²) in [7, 11) is 0. The van der Waals surface area contributed by atoms with Gasteiger partial charge >= 0.3 is 6.03 Å². The molecule has 0 saturated heterocycles. The molecule has 1 atom stereocenters. The number of amides is 2. The zero-order chi connectivity index (χ0) is 13.4. The third kappa shape index (κ3) is 5.21. The van der Waals surface area contributed by atoms with Crippen LogP contribution in [0, 0.1) is 5.92 Å². The summed E-state index contributed by atoms with van der Waals surface area (Å²) in [4.78, 5) is 11.7. The number of carbonyl (C=O) groups excluding carboxylic acids is 1. The lowest BCUT2D eigenvalue weighted by Gasteiger charge is -2.21. The Labute approximate surface area is 110 Å². The van der Waals surface area contributed by atoms with Crippen molar-refractivity contribution in [3.8, 4) is 0 Å². The topological polar surface area (TPSA) is 41.1 Å². The molecule has 0 bridgehead atoms. The molecule has 0 aromatic heterocycles. The number of nitrogens with one attached hydrogen (secondary N) is 2. The molecule has 1 rings (SSSR count). The Bertz CT molecular complexity index is 349. The van der Waals surface area contributed by atoms with Crippen molar-refractivity contribution in [3.63, 3.8) is 0 Å². The predicted molar refractivity (Wildman–Crippen MR) is 75.5 cm³/mol. The van der Waals surface area contributed by atoms with Crippen LogP contribution in [-0.2, 0) is 0 Å². The van der Waals surface area contributed by atoms with Gasteiger partial charge in [-0.2, -0.15) is 0 Å². The van der Waals surface area contributed by atoms with Gasteiger partial charge in [0.2, 0.25) is 0 Å². The number of urea groups is 1. The number of hydrogen-bond acceptors (Lipinski definition) is 1. The highest BCUT2D eigenvalue weighted by atomic mass is 16.2. The summed E-state index contributed by atoms with van der Waals surface area (Å²) in [5, 5.41) is 5.91. The molecule has 0 unspecified atom stereocenters. The van der Waals surface area contributed by atoms with Crippen molar-refractivity contribution in [2.45, 2.75) is 39.7 Å². The molecule has 2 N–H and O–H groups in total. The summed E-state index contributed by atoms with van der Waals surface area (Å²) in [6, 6.07) is 10.1. The lowest BCUT2D eigenvalue weighted by Crippen LogP contribution is -2.38. The molecule has 0 saturated carbocycles. The molecule has 0 spiro atoms. The van der Waals surface area contributed by atoms with Crippen LogP contribution in [0.15, 0.2) is 30.3 Å². The first-order valence-corrected chi connectivity index (χ1v) is 6.72. The molecule has 0 aliphatic carbocycles. The molecule has 0 aliphatic heterocycles. The molecule has 3 heteroatoms. The van der Waals surface area contributed by atoms with Gasteiger partial charge in [-0.3, -0.25) is 0 Å². The predicted octanol–water partition coefficient (Wildman–Crippen LogP) is 3.48. The maximum absolute atomic E-state index is 11.7. The van der Waals surface area contributed by atoms with Crippen molar-refractivity contribution in [1.82, 2.24) is 10.6 Å². The molecule has 1 aromatic carbocycles. The van der Waals surface area contributed by atoms with Crippen LogP contribution >= 0.6 is 0 Å². The van der Waals surface area contributed by atoms with Crippen molar-refractivity contribution in [2.24, 2.45) is 5.92 Å². The van der Waals surface area contributed by atoms with Gasteiger partial charge in [0.15, 0.2) is 0 Å². The van der Waals surface area contributed by atoms with E-state index in [0.717, 1.165) is 24.9 Å². The van der Waals surface area contributed by atoms with E-state index in [2.05, 4.69) is 36.6 Å². The lowest BCUT2D eigenvalue weighted by molar-refractivity contribution is 0.235. The van der Waals surface area contributed by atoms with Crippen LogP contribution in [0.25, 0.3) is 0 Å². The first-order valence-electron chi connectivity index (χ1n) is 6.72. The average Bonchev–Trinajstić information content (AvgIpc) is 2.36. The van der Waals surface area contributed by atoms with Crippen molar-refractivity contribution in [3.05, 3.63) is 35.9 Å². The molecule has 2 amide bonds. The van der Waals surface area contributed by atoms with E-state index in [1.54, 1.807) is 0 Å². The van der Waals surface area contributed by atoms with Gasteiger partial charge in [0.05, 0.1) is 6.04 Å². The molecule has 3 nitrogen and oxygen atoms in total. The fourth-order valence-corrected chi connectivity index (χ4v) is 1.88. The Kier molecular flexibility index (Phi) is 6.26. The fraction of sp³-hybridized carbons (Fsp3) is 0.533. The summed E-state index contributed by atoms with van der Waals surface area (Å²) in [5.41, 5.74) is 1.16. The molecule has 100 valence electrons. The fourth-order valence-electron chi connectivity index (χ4n) is 1.88. The van der Waals surface area contributed by atoms with Gasteiger partial charge in [-0.15, -0.1) is 0 Å². The van der Waals surface area contributed by atoms with Crippen LogP contribution in [0.2, 0.25) is 0 Å². The van der Waals surface area contributed by atoms with Gasteiger partial charge in [-0.05, 0) is 24.3 Å². The van der Waals surface area contributed by atoms with E-state index in [9.17, 15) is 4.79 Å². The van der Waals surface area contributed by atoms with Gasteiger partial charge in [0, 0.05) is 6.54 Å². The van der Waals surface area contributed by atoms with Crippen LogP contribution in [0.3, 0.4) is 0 Å². The van der Waals surface area contributed by atoms with Crippen LogP contribution in [0.5, 0.6) is 0 Å². The molecule has 18 heavy (non-hydrogen) atoms. The molecule has 0 radical (unpaired) electrons. The number of rotatable bonds is 6. The first-order chi connectivity index (χ1) is 8.63. The van der Waals surface area contributed by atoms with Gasteiger partial charge in [-0.1, -0.05) is 51.1 Å². The minimum absolute atomic E-state index is 0.0775. The Morgan fingerprint density at radius 1 is 1.22 bits per heavy atom. The van der Waals surface area contributed by atoms with Crippen LogP contribution in [0.4, 0.5) is 4.79 Å². The molecule has 1 aromatic rings. The van der Waals surface area contributed by atoms with Crippen molar-refractivity contribution >= 4 is 6.03 Å². The highest BCUT2D eigenvalue weighted by molar-refractivity contribution is 5.74. The summed E-state index contributed by atoms with van der Waals surface area (Å²) in [6.07, 6.45) is 1.90. The normalized spacial score (nSPS) is 12.2. The third-order valence-electron chi connectivity index (χ3n) is 2.75. The second kappa shape index (κ2) is 7.75. The van der Waals surface area contributed by atoms with Gasteiger partial charge in [-0.25, -0.2) is 4.79 Å². The zero-order valence-corrected chi connectivity index (χ0v) is 11.6. The zero-order valence-electron chi connectivity index (χ0n) is 11.6. The van der Waals surface area contributed by atoms with Crippen molar-refractivity contribution in [1.29, 1.82) is 0 Å². The Morgan fingerprint density at radius 3 is 2.44 bits per heavy atom. The smallest absolute Gasteiger partial charge is 0.315 e. The summed E-state index contributed by atoms with van der Waals surface area (Å²) >= 11 is 0. The molecule has 0 heterocycles. The summed E-state index contributed by atoms with van der Waals surface area (Å²) in [5.74, 6) is 0.543. The Balaban J connectivity index is 2.64. The van der Waals surface area contributed by atoms with Crippen LogP contribution < -0.4 is 10.6 Å². The van der Waals surface area contributed by atoms with Crippen LogP contribution in [-0.4, -0.2) is 12.6 Å². The SMILES string of the molecule is CCCNC(=O)N[C@H](CC(C)C)c1ccccc1. The maximum Gasteiger partial charge on any atom is 0.315 e. The minimum Gasteiger partial charge on any atom is -0.338 e. The van der Waals surface area contributed by atoms with E-state index in [1.165, 1.54) is 0 Å². The highest BCUT2D eigenvalue weighted by Crippen LogP contribution is 2.20. The van der Waals surface area contributed by atoms with E-state index >= 15 is 0 Å². The third-order valence-corrected chi connectivity index (χ3v) is 2.75. The van der Waals surface area contributed by atoms with Crippen molar-refractivity contribution in [2.75, 3.05) is 6.54 Å². The number of carbonyl (C=O) groups is 1. The van der Waals surface area contributed by atoms with E-state index in [1.807, 2.05) is 25.1 Å². The number of hydrogen-bond donors (Lipinski definition) is 2. The first kappa shape index (κ1) is 14.6. The van der Waals surface area contributed by atoms with Crippen LogP contribution in [0.1, 0.15) is 45.2 Å². The van der Waals surface area contributed by atoms with E-state index < -0.39 is 0 Å². The Morgan fingerprint density at radius 2 is 1.89 bits per heavy atom. The van der Waals surface area contributed by atoms with Gasteiger partial charge in [0.1, 0.15) is 0 Å². The van der Waals surface area contributed by atoms with Gasteiger partial charge < -0.3 is 10.6 Å². The molecular weight excluding hydrogens is 224 g/mol. The largest absolute Gasteiger partial charge is 0.338 e. The van der Waals surface area contributed by atoms with Crippen molar-refractivity contribution < 1.29 is 4.79 Å². The highest BCUT2D eigenvalue weighted by Gasteiger charge is 2.15. The quantitative estimate of drug-likeness (QED) is 0.795. The standard InChI is InChI=1S/C15H24N2O/c1-4-10-16-15(18)17-14(11-12(2)3)13-8-6-5-7-9-13/h5-9,12,14H,4,10-11H2,1-3H3,(H2,16,17,18)/t14-/m1/s1. The lowest BCUT2D eigenvalue weighted by atomic mass is 9.97. The molecule has 0 fully saturated rings. The molecule has 0 aliphatic rings. The van der Waals surface area contributed by atoms with E-state index in [0.29, 0.717) is 5.92 Å².